The lowest BCUT2D eigenvalue weighted by Crippen LogP contribution is -2.37. The number of fused-ring (bicyclic) bond motifs is 4. The molecule has 5 rings (SSSR count). The van der Waals surface area contributed by atoms with Crippen LogP contribution in [-0.4, -0.2) is 34.1 Å². The fraction of sp³-hybridized carbons (Fsp3) is 0.238. The number of ether oxygens (including phenoxy) is 3. The number of carbonyl (C=O) groups is 1. The summed E-state index contributed by atoms with van der Waals surface area (Å²) in [6.07, 6.45) is 1.36. The number of nitrogens with zero attached hydrogens (tertiary/aromatic N) is 4. The van der Waals surface area contributed by atoms with Crippen LogP contribution in [0.15, 0.2) is 46.0 Å². The Morgan fingerprint density at radius 3 is 2.77 bits per heavy atom. The van der Waals surface area contributed by atoms with Crippen LogP contribution in [0.5, 0.6) is 17.4 Å². The second-order valence-corrected chi connectivity index (χ2v) is 8.41. The Bertz CT molecular complexity index is 1190. The van der Waals surface area contributed by atoms with E-state index in [4.69, 9.17) is 14.2 Å². The van der Waals surface area contributed by atoms with Gasteiger partial charge in [-0.3, -0.25) is 9.69 Å². The number of hydrogen-bond acceptors (Lipinski definition) is 8. The summed E-state index contributed by atoms with van der Waals surface area (Å²) in [4.78, 5) is 19.4. The fourth-order valence-electron chi connectivity index (χ4n) is 3.56. The molecule has 2 aliphatic heterocycles. The first kappa shape index (κ1) is 20.1. The van der Waals surface area contributed by atoms with Crippen molar-refractivity contribution >= 4 is 39.3 Å². The third-order valence-corrected chi connectivity index (χ3v) is 6.25. The number of amides is 1. The molecule has 8 nitrogen and oxygen atoms in total. The van der Waals surface area contributed by atoms with Gasteiger partial charge < -0.3 is 14.2 Å². The van der Waals surface area contributed by atoms with Gasteiger partial charge in [-0.05, 0) is 24.5 Å². The van der Waals surface area contributed by atoms with Crippen LogP contribution >= 0.6 is 27.7 Å². The number of benzene rings is 2. The number of thioether (sulfide) groups is 1. The van der Waals surface area contributed by atoms with E-state index >= 15 is 0 Å². The first-order valence-electron chi connectivity index (χ1n) is 9.56. The van der Waals surface area contributed by atoms with Crippen LogP contribution in [0, 0.1) is 0 Å². The Kier molecular flexibility index (Phi) is 5.19. The minimum Gasteiger partial charge on any atom is -0.454 e. The lowest BCUT2D eigenvalue weighted by Gasteiger charge is -2.31. The first-order chi connectivity index (χ1) is 15.1. The molecule has 0 aliphatic carbocycles. The highest BCUT2D eigenvalue weighted by atomic mass is 79.9. The first-order valence-corrected chi connectivity index (χ1v) is 11.6. The molecule has 1 atom stereocenters. The largest absolute Gasteiger partial charge is 0.454 e. The van der Waals surface area contributed by atoms with E-state index in [1.807, 2.05) is 49.6 Å². The molecule has 3 heterocycles. The van der Waals surface area contributed by atoms with Crippen LogP contribution in [0.4, 0.5) is 5.69 Å². The third kappa shape index (κ3) is 3.39. The third-order valence-electron chi connectivity index (χ3n) is 5.02. The van der Waals surface area contributed by atoms with E-state index < -0.39 is 6.23 Å². The highest BCUT2D eigenvalue weighted by Gasteiger charge is 2.37. The molecule has 0 radical (unpaired) electrons. The van der Waals surface area contributed by atoms with Gasteiger partial charge in [-0.15, -0.1) is 10.2 Å². The maximum absolute atomic E-state index is 13.2. The van der Waals surface area contributed by atoms with Gasteiger partial charge in [0.1, 0.15) is 0 Å². The van der Waals surface area contributed by atoms with Crippen molar-refractivity contribution in [3.63, 3.8) is 0 Å². The summed E-state index contributed by atoms with van der Waals surface area (Å²) in [5.41, 5.74) is 2.60. The Hall–Kier alpha value is -2.85. The summed E-state index contributed by atoms with van der Waals surface area (Å²) in [5, 5.41) is 9.02. The Balaban J connectivity index is 1.76. The molecule has 0 spiro atoms. The summed E-state index contributed by atoms with van der Waals surface area (Å²) in [5.74, 6) is 1.43. The summed E-state index contributed by atoms with van der Waals surface area (Å²) < 4.78 is 18.2. The van der Waals surface area contributed by atoms with E-state index in [1.165, 1.54) is 11.8 Å². The lowest BCUT2D eigenvalue weighted by molar-refractivity contribution is -0.120. The predicted molar refractivity (Wildman–Crippen MR) is 118 cm³/mol. The molecule has 10 heteroatoms. The quantitative estimate of drug-likeness (QED) is 0.482. The van der Waals surface area contributed by atoms with Crippen LogP contribution in [-0.2, 0) is 4.79 Å². The Morgan fingerprint density at radius 1 is 1.23 bits per heavy atom. The number of aromatic nitrogens is 3. The molecule has 3 aromatic rings. The molecular weight excluding hydrogens is 484 g/mol. The molecule has 1 amide bonds. The van der Waals surface area contributed by atoms with Crippen molar-refractivity contribution in [2.24, 2.45) is 0 Å². The van der Waals surface area contributed by atoms with Gasteiger partial charge in [-0.25, -0.2) is 0 Å². The van der Waals surface area contributed by atoms with E-state index in [0.29, 0.717) is 45.9 Å². The summed E-state index contributed by atoms with van der Waals surface area (Å²) >= 11 is 4.98. The zero-order chi connectivity index (χ0) is 21.5. The summed E-state index contributed by atoms with van der Waals surface area (Å²) in [6, 6.07) is 11.2. The summed E-state index contributed by atoms with van der Waals surface area (Å²) in [7, 11) is 0. The predicted octanol–water partition coefficient (Wildman–Crippen LogP) is 4.59. The molecule has 0 unspecified atom stereocenters. The molecule has 0 fully saturated rings. The van der Waals surface area contributed by atoms with Gasteiger partial charge in [0.25, 0.3) is 0 Å². The minimum atomic E-state index is -0.801. The molecular formula is C21H17BrN4O4S. The van der Waals surface area contributed by atoms with Crippen molar-refractivity contribution in [2.75, 3.05) is 17.9 Å². The topological polar surface area (TPSA) is 86.7 Å². The van der Waals surface area contributed by atoms with Crippen molar-refractivity contribution in [3.8, 4) is 28.6 Å². The molecule has 2 aromatic carbocycles. The average Bonchev–Trinajstić information content (AvgIpc) is 3.19. The molecule has 31 heavy (non-hydrogen) atoms. The Labute approximate surface area is 191 Å². The number of para-hydroxylation sites is 1. The van der Waals surface area contributed by atoms with Crippen molar-refractivity contribution in [3.05, 3.63) is 46.4 Å². The van der Waals surface area contributed by atoms with Crippen LogP contribution < -0.4 is 19.1 Å². The van der Waals surface area contributed by atoms with Crippen molar-refractivity contribution < 1.29 is 19.0 Å². The zero-order valence-corrected chi connectivity index (χ0v) is 19.1. The SMILES string of the molecule is CCC(=O)N1c2ccccc2-c2nnc(SC)nc2O[C@H]1c1cc2c(cc1Br)OCO2. The van der Waals surface area contributed by atoms with Crippen LogP contribution in [0.25, 0.3) is 11.3 Å². The number of anilines is 1. The highest BCUT2D eigenvalue weighted by Crippen LogP contribution is 2.47. The normalized spacial score (nSPS) is 16.2. The molecule has 0 N–H and O–H groups in total. The van der Waals surface area contributed by atoms with Gasteiger partial charge in [0.15, 0.2) is 17.2 Å². The average molecular weight is 501 g/mol. The fourth-order valence-corrected chi connectivity index (χ4v) is 4.38. The smallest absolute Gasteiger partial charge is 0.247 e. The van der Waals surface area contributed by atoms with Gasteiger partial charge in [0.05, 0.1) is 5.69 Å². The van der Waals surface area contributed by atoms with Crippen LogP contribution in [0.1, 0.15) is 25.1 Å². The lowest BCUT2D eigenvalue weighted by atomic mass is 10.1. The van der Waals surface area contributed by atoms with Gasteiger partial charge in [0, 0.05) is 22.0 Å². The van der Waals surface area contributed by atoms with Crippen molar-refractivity contribution in [1.82, 2.24) is 15.2 Å². The Morgan fingerprint density at radius 2 is 2.00 bits per heavy atom. The standard InChI is InChI=1S/C21H17BrN4O4S/c1-3-17(27)26-14-7-5-4-6-11(14)18-19(23-21(31-2)25-24-18)30-20(26)12-8-15-16(9-13(12)22)29-10-28-15/h4-9,20H,3,10H2,1-2H3/t20-/m0/s1. The van der Waals surface area contributed by atoms with Gasteiger partial charge in [-0.2, -0.15) is 4.98 Å². The maximum atomic E-state index is 13.2. The van der Waals surface area contributed by atoms with E-state index in [-0.39, 0.29) is 12.7 Å². The van der Waals surface area contributed by atoms with Gasteiger partial charge in [0.2, 0.25) is 30.0 Å². The number of rotatable bonds is 3. The molecule has 158 valence electrons. The zero-order valence-electron chi connectivity index (χ0n) is 16.7. The second-order valence-electron chi connectivity index (χ2n) is 6.78. The molecule has 0 bridgehead atoms. The molecule has 0 saturated heterocycles. The van der Waals surface area contributed by atoms with E-state index in [0.717, 1.165) is 10.0 Å². The van der Waals surface area contributed by atoms with Gasteiger partial charge in [-0.1, -0.05) is 52.8 Å². The van der Waals surface area contributed by atoms with E-state index in [9.17, 15) is 4.79 Å². The summed E-state index contributed by atoms with van der Waals surface area (Å²) in [6.45, 7) is 1.97. The van der Waals surface area contributed by atoms with Crippen LogP contribution in [0.3, 0.4) is 0 Å². The number of carbonyl (C=O) groups excluding carboxylic acids is 1. The second kappa shape index (κ2) is 8.01. The molecule has 1 aromatic heterocycles. The number of halogens is 1. The highest BCUT2D eigenvalue weighted by molar-refractivity contribution is 9.10. The molecule has 0 saturated carbocycles. The van der Waals surface area contributed by atoms with E-state index in [1.54, 1.807) is 4.90 Å². The number of hydrogen-bond donors (Lipinski definition) is 0. The monoisotopic (exact) mass is 500 g/mol. The van der Waals surface area contributed by atoms with Crippen LogP contribution in [0.2, 0.25) is 0 Å². The van der Waals surface area contributed by atoms with E-state index in [2.05, 4.69) is 31.1 Å². The van der Waals surface area contributed by atoms with Gasteiger partial charge >= 0.3 is 0 Å². The molecule has 2 aliphatic rings. The maximum Gasteiger partial charge on any atom is 0.247 e. The minimum absolute atomic E-state index is 0.104. The van der Waals surface area contributed by atoms with Crippen molar-refractivity contribution in [2.45, 2.75) is 24.7 Å². The van der Waals surface area contributed by atoms with Crippen molar-refractivity contribution in [1.29, 1.82) is 0 Å².